The van der Waals surface area contributed by atoms with Gasteiger partial charge in [0.05, 0.1) is 11.5 Å². The minimum atomic E-state index is -0.990. The molecule has 0 aromatic carbocycles. The molecule has 70 valence electrons. The monoisotopic (exact) mass is 189 g/mol. The summed E-state index contributed by atoms with van der Waals surface area (Å²) >= 11 is 0. The van der Waals surface area contributed by atoms with Crippen molar-refractivity contribution in [3.8, 4) is 0 Å². The van der Waals surface area contributed by atoms with E-state index in [4.69, 9.17) is 5.11 Å². The SMILES string of the molecule is O=C(O)C1=CC2=CC=NC(=O)[C@@H]2C=C1. The molecule has 1 aliphatic heterocycles. The number of hydrogen-bond donors (Lipinski definition) is 1. The van der Waals surface area contributed by atoms with Gasteiger partial charge in [-0.3, -0.25) is 4.79 Å². The summed E-state index contributed by atoms with van der Waals surface area (Å²) in [6.07, 6.45) is 7.54. The molecule has 2 aliphatic rings. The molecular weight excluding hydrogens is 182 g/mol. The molecule has 1 heterocycles. The van der Waals surface area contributed by atoms with Crippen LogP contribution in [0.4, 0.5) is 0 Å². The Kier molecular flexibility index (Phi) is 1.89. The van der Waals surface area contributed by atoms with Crippen molar-refractivity contribution < 1.29 is 14.7 Å². The summed E-state index contributed by atoms with van der Waals surface area (Å²) < 4.78 is 0. The largest absolute Gasteiger partial charge is 0.478 e. The van der Waals surface area contributed by atoms with Crippen LogP contribution in [0.25, 0.3) is 0 Å². The van der Waals surface area contributed by atoms with E-state index in [1.165, 1.54) is 18.4 Å². The third-order valence-corrected chi connectivity index (χ3v) is 2.13. The van der Waals surface area contributed by atoms with Gasteiger partial charge in [-0.1, -0.05) is 12.2 Å². The molecule has 0 radical (unpaired) electrons. The molecule has 1 amide bonds. The van der Waals surface area contributed by atoms with Crippen molar-refractivity contribution in [2.75, 3.05) is 0 Å². The van der Waals surface area contributed by atoms with Crippen LogP contribution in [0.15, 0.2) is 40.4 Å². The standard InChI is InChI=1S/C10H7NO3/c12-9-8-2-1-7(10(13)14)5-6(8)3-4-11-9/h1-5,8H,(H,13,14)/t8-/m1/s1. The normalized spacial score (nSPS) is 24.0. The van der Waals surface area contributed by atoms with Crippen molar-refractivity contribution >= 4 is 18.1 Å². The molecule has 0 aromatic rings. The Morgan fingerprint density at radius 2 is 2.29 bits per heavy atom. The number of amides is 1. The first-order chi connectivity index (χ1) is 6.68. The zero-order valence-electron chi connectivity index (χ0n) is 7.18. The molecule has 0 saturated carbocycles. The van der Waals surface area contributed by atoms with Gasteiger partial charge in [0.1, 0.15) is 0 Å². The lowest BCUT2D eigenvalue weighted by molar-refractivity contribution is -0.132. The molecular formula is C10H7NO3. The second-order valence-electron chi connectivity index (χ2n) is 3.02. The van der Waals surface area contributed by atoms with Gasteiger partial charge in [-0.25, -0.2) is 9.79 Å². The Labute approximate surface area is 80.0 Å². The lowest BCUT2D eigenvalue weighted by atomic mass is 9.89. The minimum absolute atomic E-state index is 0.190. The first-order valence-corrected chi connectivity index (χ1v) is 4.10. The third-order valence-electron chi connectivity index (χ3n) is 2.13. The van der Waals surface area contributed by atoms with Crippen molar-refractivity contribution in [3.05, 3.63) is 35.5 Å². The fraction of sp³-hybridized carbons (Fsp3) is 0.100. The number of dihydropyridines is 1. The number of carbonyl (C=O) groups excluding carboxylic acids is 1. The molecule has 0 spiro atoms. The van der Waals surface area contributed by atoms with Crippen LogP contribution in [-0.4, -0.2) is 23.2 Å². The highest BCUT2D eigenvalue weighted by Crippen LogP contribution is 2.25. The van der Waals surface area contributed by atoms with E-state index in [9.17, 15) is 9.59 Å². The Balaban J connectivity index is 2.40. The Bertz CT molecular complexity index is 427. The van der Waals surface area contributed by atoms with Crippen molar-refractivity contribution in [3.63, 3.8) is 0 Å². The summed E-state index contributed by atoms with van der Waals surface area (Å²) in [6, 6.07) is 0. The van der Waals surface area contributed by atoms with E-state index in [-0.39, 0.29) is 11.5 Å². The number of rotatable bonds is 1. The van der Waals surface area contributed by atoms with Crippen molar-refractivity contribution in [2.24, 2.45) is 10.9 Å². The average Bonchev–Trinajstić information content (AvgIpc) is 2.17. The van der Waals surface area contributed by atoms with E-state index in [2.05, 4.69) is 4.99 Å². The number of carbonyl (C=O) groups is 2. The zero-order valence-corrected chi connectivity index (χ0v) is 7.18. The maximum Gasteiger partial charge on any atom is 0.335 e. The second-order valence-corrected chi connectivity index (χ2v) is 3.02. The van der Waals surface area contributed by atoms with Crippen LogP contribution in [0.3, 0.4) is 0 Å². The number of aliphatic carboxylic acids is 1. The van der Waals surface area contributed by atoms with Gasteiger partial charge in [-0.15, -0.1) is 0 Å². The molecule has 0 fully saturated rings. The minimum Gasteiger partial charge on any atom is -0.478 e. The highest BCUT2D eigenvalue weighted by atomic mass is 16.4. The number of fused-ring (bicyclic) bond motifs is 1. The summed E-state index contributed by atoms with van der Waals surface area (Å²) in [5, 5.41) is 8.73. The molecule has 0 saturated heterocycles. The van der Waals surface area contributed by atoms with Crippen LogP contribution in [0.2, 0.25) is 0 Å². The summed E-state index contributed by atoms with van der Waals surface area (Å²) in [6.45, 7) is 0. The van der Waals surface area contributed by atoms with Gasteiger partial charge < -0.3 is 5.11 Å². The predicted octanol–water partition coefficient (Wildman–Crippen LogP) is 0.721. The number of aliphatic imine (C=N–C) groups is 1. The van der Waals surface area contributed by atoms with Crippen molar-refractivity contribution in [1.29, 1.82) is 0 Å². The van der Waals surface area contributed by atoms with Gasteiger partial charge in [0.25, 0.3) is 5.91 Å². The van der Waals surface area contributed by atoms with E-state index in [0.29, 0.717) is 5.57 Å². The van der Waals surface area contributed by atoms with Crippen LogP contribution in [0, 0.1) is 5.92 Å². The van der Waals surface area contributed by atoms with E-state index in [1.54, 1.807) is 12.2 Å². The van der Waals surface area contributed by atoms with Gasteiger partial charge in [-0.05, 0) is 17.7 Å². The van der Waals surface area contributed by atoms with Gasteiger partial charge >= 0.3 is 5.97 Å². The third kappa shape index (κ3) is 1.31. The van der Waals surface area contributed by atoms with Gasteiger partial charge in [0.15, 0.2) is 0 Å². The molecule has 4 heteroatoms. The molecule has 0 unspecified atom stereocenters. The van der Waals surface area contributed by atoms with Crippen LogP contribution in [0.5, 0.6) is 0 Å². The number of hydrogen-bond acceptors (Lipinski definition) is 2. The molecule has 0 bridgehead atoms. The Morgan fingerprint density at radius 3 is 3.00 bits per heavy atom. The lowest BCUT2D eigenvalue weighted by Gasteiger charge is -2.17. The van der Waals surface area contributed by atoms with Gasteiger partial charge in [-0.2, -0.15) is 0 Å². The van der Waals surface area contributed by atoms with E-state index < -0.39 is 11.9 Å². The van der Waals surface area contributed by atoms with Crippen LogP contribution < -0.4 is 0 Å². The summed E-state index contributed by atoms with van der Waals surface area (Å²) in [4.78, 5) is 25.5. The molecule has 4 nitrogen and oxygen atoms in total. The number of allylic oxidation sites excluding steroid dienone is 2. The molecule has 1 N–H and O–H groups in total. The van der Waals surface area contributed by atoms with E-state index in [1.807, 2.05) is 0 Å². The van der Waals surface area contributed by atoms with Crippen LogP contribution >= 0.6 is 0 Å². The molecule has 2 rings (SSSR count). The topological polar surface area (TPSA) is 66.7 Å². The maximum absolute atomic E-state index is 11.2. The smallest absolute Gasteiger partial charge is 0.335 e. The highest BCUT2D eigenvalue weighted by Gasteiger charge is 2.24. The van der Waals surface area contributed by atoms with E-state index in [0.717, 1.165) is 0 Å². The van der Waals surface area contributed by atoms with Gasteiger partial charge in [0.2, 0.25) is 0 Å². The number of carboxylic acids is 1. The fourth-order valence-electron chi connectivity index (χ4n) is 1.42. The lowest BCUT2D eigenvalue weighted by Crippen LogP contribution is -2.18. The summed E-state index contributed by atoms with van der Waals surface area (Å²) in [5.74, 6) is -1.64. The first-order valence-electron chi connectivity index (χ1n) is 4.10. The molecule has 0 aromatic heterocycles. The zero-order chi connectivity index (χ0) is 10.1. The summed E-state index contributed by atoms with van der Waals surface area (Å²) in [5.41, 5.74) is 0.875. The average molecular weight is 189 g/mol. The van der Waals surface area contributed by atoms with Crippen molar-refractivity contribution in [2.45, 2.75) is 0 Å². The van der Waals surface area contributed by atoms with Gasteiger partial charge in [0, 0.05) is 6.21 Å². The Morgan fingerprint density at radius 1 is 1.50 bits per heavy atom. The van der Waals surface area contributed by atoms with Crippen LogP contribution in [-0.2, 0) is 9.59 Å². The Hall–Kier alpha value is -1.97. The number of nitrogens with zero attached hydrogens (tertiary/aromatic N) is 1. The predicted molar refractivity (Wildman–Crippen MR) is 49.9 cm³/mol. The highest BCUT2D eigenvalue weighted by molar-refractivity contribution is 6.00. The number of carboxylic acid groups (broad SMARTS) is 1. The first kappa shape index (κ1) is 8.62. The van der Waals surface area contributed by atoms with E-state index >= 15 is 0 Å². The summed E-state index contributed by atoms with van der Waals surface area (Å²) in [7, 11) is 0. The maximum atomic E-state index is 11.2. The molecule has 14 heavy (non-hydrogen) atoms. The molecule has 1 atom stereocenters. The molecule has 1 aliphatic carbocycles. The quantitative estimate of drug-likeness (QED) is 0.660. The van der Waals surface area contributed by atoms with Crippen LogP contribution in [0.1, 0.15) is 0 Å². The second kappa shape index (κ2) is 3.06. The fourth-order valence-corrected chi connectivity index (χ4v) is 1.42. The van der Waals surface area contributed by atoms with Crippen molar-refractivity contribution in [1.82, 2.24) is 0 Å².